The van der Waals surface area contributed by atoms with E-state index >= 15 is 0 Å². The van der Waals surface area contributed by atoms with Crippen LogP contribution in [0.1, 0.15) is 38.8 Å². The van der Waals surface area contributed by atoms with Crippen molar-refractivity contribution in [3.63, 3.8) is 0 Å². The average molecular weight is 344 g/mol. The van der Waals surface area contributed by atoms with E-state index in [1.165, 1.54) is 11.8 Å². The van der Waals surface area contributed by atoms with Gasteiger partial charge in [0.2, 0.25) is 5.91 Å². The van der Waals surface area contributed by atoms with Crippen molar-refractivity contribution in [2.45, 2.75) is 38.5 Å². The predicted molar refractivity (Wildman–Crippen MR) is 94.5 cm³/mol. The fourth-order valence-electron chi connectivity index (χ4n) is 3.01. The zero-order valence-corrected chi connectivity index (χ0v) is 14.8. The maximum Gasteiger partial charge on any atom is 0.338 e. The lowest BCUT2D eigenvalue weighted by Gasteiger charge is -2.33. The zero-order valence-electron chi connectivity index (χ0n) is 14.0. The van der Waals surface area contributed by atoms with Crippen LogP contribution in [0.25, 0.3) is 0 Å². The Hall–Kier alpha value is -2.08. The van der Waals surface area contributed by atoms with Crippen LogP contribution in [0.15, 0.2) is 46.6 Å². The molecule has 3 rings (SSSR count). The van der Waals surface area contributed by atoms with Gasteiger partial charge in [0.25, 0.3) is 0 Å². The Morgan fingerprint density at radius 2 is 2.00 bits per heavy atom. The first-order valence-electron chi connectivity index (χ1n) is 8.09. The van der Waals surface area contributed by atoms with Crippen molar-refractivity contribution >= 4 is 28.8 Å². The number of thioether (sulfide) groups is 1. The van der Waals surface area contributed by atoms with Gasteiger partial charge in [-0.1, -0.05) is 49.0 Å². The Balaban J connectivity index is 2.12. The lowest BCUT2D eigenvalue weighted by Crippen LogP contribution is -2.40. The first-order valence-corrected chi connectivity index (χ1v) is 8.97. The third-order valence-corrected chi connectivity index (χ3v) is 5.45. The number of ether oxygens (including phenoxy) is 1. The molecule has 0 radical (unpaired) electrons. The molecule has 1 saturated heterocycles. The number of aliphatic imine (C=N–C) groups is 1. The standard InChI is InChI=1S/C18H20N2O3S/c1-4-13-16(21)20-15(12-9-7-6-8-10-12)14(17(22)23-5-2)11(3)19-18(20)24-13/h6-10,13,15H,4-5H2,1-3H3/t13-,15+/m1/s1. The van der Waals surface area contributed by atoms with Crippen molar-refractivity contribution in [2.24, 2.45) is 4.99 Å². The molecule has 0 bridgehead atoms. The van der Waals surface area contributed by atoms with Crippen LogP contribution >= 0.6 is 11.8 Å². The largest absolute Gasteiger partial charge is 0.463 e. The fraction of sp³-hybridized carbons (Fsp3) is 0.389. The summed E-state index contributed by atoms with van der Waals surface area (Å²) in [6.45, 7) is 5.84. The average Bonchev–Trinajstić information content (AvgIpc) is 2.90. The van der Waals surface area contributed by atoms with Gasteiger partial charge in [-0.15, -0.1) is 0 Å². The topological polar surface area (TPSA) is 59.0 Å². The SMILES string of the molecule is CCOC(=O)C1=C(C)N=C2S[C@H](CC)C(=O)N2[C@H]1c1ccccc1. The van der Waals surface area contributed by atoms with Gasteiger partial charge in [0, 0.05) is 0 Å². The van der Waals surface area contributed by atoms with Gasteiger partial charge in [0.1, 0.15) is 0 Å². The number of allylic oxidation sites excluding steroid dienone is 1. The molecule has 0 saturated carbocycles. The number of carbonyl (C=O) groups excluding carboxylic acids is 2. The first kappa shape index (κ1) is 16.8. The second kappa shape index (κ2) is 6.81. The van der Waals surface area contributed by atoms with Gasteiger partial charge >= 0.3 is 5.97 Å². The number of rotatable bonds is 4. The van der Waals surface area contributed by atoms with Crippen LogP contribution in [-0.2, 0) is 14.3 Å². The molecule has 0 N–H and O–H groups in total. The molecule has 1 amide bonds. The summed E-state index contributed by atoms with van der Waals surface area (Å²) in [5.41, 5.74) is 1.95. The molecule has 0 unspecified atom stereocenters. The van der Waals surface area contributed by atoms with Crippen LogP contribution < -0.4 is 0 Å². The van der Waals surface area contributed by atoms with Crippen LogP contribution in [0, 0.1) is 0 Å². The van der Waals surface area contributed by atoms with Crippen LogP contribution in [0.5, 0.6) is 0 Å². The summed E-state index contributed by atoms with van der Waals surface area (Å²) in [6, 6.07) is 9.11. The fourth-order valence-corrected chi connectivity index (χ4v) is 4.14. The van der Waals surface area contributed by atoms with Gasteiger partial charge < -0.3 is 4.74 Å². The maximum atomic E-state index is 12.8. The molecule has 2 aliphatic rings. The molecule has 2 aliphatic heterocycles. The third-order valence-electron chi connectivity index (χ3n) is 4.13. The number of esters is 1. The molecule has 24 heavy (non-hydrogen) atoms. The Morgan fingerprint density at radius 1 is 1.29 bits per heavy atom. The Labute approximate surface area is 145 Å². The van der Waals surface area contributed by atoms with Gasteiger partial charge in [-0.3, -0.25) is 9.69 Å². The van der Waals surface area contributed by atoms with Crippen molar-refractivity contribution in [1.82, 2.24) is 4.90 Å². The van der Waals surface area contributed by atoms with Crippen molar-refractivity contribution in [2.75, 3.05) is 6.61 Å². The van der Waals surface area contributed by atoms with E-state index in [4.69, 9.17) is 4.74 Å². The van der Waals surface area contributed by atoms with E-state index in [-0.39, 0.29) is 17.8 Å². The minimum absolute atomic E-state index is 0.00408. The molecule has 2 heterocycles. The molecule has 1 aromatic rings. The number of amides is 1. The monoisotopic (exact) mass is 344 g/mol. The summed E-state index contributed by atoms with van der Waals surface area (Å²) in [5.74, 6) is -0.409. The molecule has 6 heteroatoms. The van der Waals surface area contributed by atoms with E-state index in [1.54, 1.807) is 18.7 Å². The number of hydrogen-bond acceptors (Lipinski definition) is 5. The second-order valence-corrected chi connectivity index (χ2v) is 6.82. The summed E-state index contributed by atoms with van der Waals surface area (Å²) >= 11 is 1.47. The number of amidine groups is 1. The van der Waals surface area contributed by atoms with E-state index in [0.717, 1.165) is 12.0 Å². The highest BCUT2D eigenvalue weighted by Crippen LogP contribution is 2.43. The highest BCUT2D eigenvalue weighted by atomic mass is 32.2. The van der Waals surface area contributed by atoms with Crippen molar-refractivity contribution in [3.8, 4) is 0 Å². The zero-order chi connectivity index (χ0) is 17.3. The molecular formula is C18H20N2O3S. The number of benzene rings is 1. The van der Waals surface area contributed by atoms with E-state index in [1.807, 2.05) is 37.3 Å². The molecular weight excluding hydrogens is 324 g/mol. The number of carbonyl (C=O) groups is 2. The van der Waals surface area contributed by atoms with Gasteiger partial charge in [-0.2, -0.15) is 0 Å². The lowest BCUT2D eigenvalue weighted by molar-refractivity contribution is -0.139. The third kappa shape index (κ3) is 2.75. The van der Waals surface area contributed by atoms with Crippen LogP contribution in [0.2, 0.25) is 0 Å². The second-order valence-electron chi connectivity index (χ2n) is 5.65. The van der Waals surface area contributed by atoms with Gasteiger partial charge in [0.15, 0.2) is 5.17 Å². The van der Waals surface area contributed by atoms with Crippen molar-refractivity contribution < 1.29 is 14.3 Å². The highest BCUT2D eigenvalue weighted by molar-refractivity contribution is 8.15. The van der Waals surface area contributed by atoms with Crippen LogP contribution in [0.3, 0.4) is 0 Å². The summed E-state index contributed by atoms with van der Waals surface area (Å²) in [6.07, 6.45) is 0.730. The molecule has 1 fully saturated rings. The quantitative estimate of drug-likeness (QED) is 0.787. The summed E-state index contributed by atoms with van der Waals surface area (Å²) in [7, 11) is 0. The molecule has 0 aromatic heterocycles. The Kier molecular flexibility index (Phi) is 4.76. The van der Waals surface area contributed by atoms with Crippen molar-refractivity contribution in [1.29, 1.82) is 0 Å². The Morgan fingerprint density at radius 3 is 2.62 bits per heavy atom. The van der Waals surface area contributed by atoms with E-state index in [2.05, 4.69) is 4.99 Å². The van der Waals surface area contributed by atoms with Crippen LogP contribution in [0.4, 0.5) is 0 Å². The van der Waals surface area contributed by atoms with Crippen LogP contribution in [-0.4, -0.2) is 33.8 Å². The minimum atomic E-state index is -0.478. The first-order chi connectivity index (χ1) is 11.6. The molecule has 2 atom stereocenters. The van der Waals surface area contributed by atoms with E-state index in [0.29, 0.717) is 16.4 Å². The number of hydrogen-bond donors (Lipinski definition) is 0. The summed E-state index contributed by atoms with van der Waals surface area (Å²) in [5, 5.41) is 0.524. The number of fused-ring (bicyclic) bond motifs is 1. The number of nitrogens with zero attached hydrogens (tertiary/aromatic N) is 2. The Bertz CT molecular complexity index is 727. The lowest BCUT2D eigenvalue weighted by atomic mass is 9.94. The molecule has 0 aliphatic carbocycles. The van der Waals surface area contributed by atoms with E-state index < -0.39 is 12.0 Å². The van der Waals surface area contributed by atoms with E-state index in [9.17, 15) is 9.59 Å². The summed E-state index contributed by atoms with van der Waals surface area (Å²) < 4.78 is 5.23. The molecule has 5 nitrogen and oxygen atoms in total. The highest BCUT2D eigenvalue weighted by Gasteiger charge is 2.47. The van der Waals surface area contributed by atoms with Gasteiger partial charge in [-0.05, 0) is 25.8 Å². The normalized spacial score (nSPS) is 23.2. The predicted octanol–water partition coefficient (Wildman–Crippen LogP) is 3.29. The molecule has 0 spiro atoms. The van der Waals surface area contributed by atoms with Crippen molar-refractivity contribution in [3.05, 3.63) is 47.2 Å². The molecule has 126 valence electrons. The smallest absolute Gasteiger partial charge is 0.338 e. The minimum Gasteiger partial charge on any atom is -0.463 e. The molecule has 1 aromatic carbocycles. The van der Waals surface area contributed by atoms with Gasteiger partial charge in [-0.25, -0.2) is 9.79 Å². The maximum absolute atomic E-state index is 12.8. The van der Waals surface area contributed by atoms with Gasteiger partial charge in [0.05, 0.1) is 29.2 Å². The summed E-state index contributed by atoms with van der Waals surface area (Å²) in [4.78, 5) is 31.6.